The van der Waals surface area contributed by atoms with Gasteiger partial charge in [-0.2, -0.15) is 0 Å². The standard InChI is InChI=1S/C11H19NO5/c1-11(2,3)17-10(15)12-5-7-16-6-4-8(12)9(13)14/h8H,4-7H2,1-3H3,(H,13,14)/t8-/m1/s1. The van der Waals surface area contributed by atoms with Crippen molar-refractivity contribution in [3.63, 3.8) is 0 Å². The van der Waals surface area contributed by atoms with E-state index in [-0.39, 0.29) is 13.0 Å². The van der Waals surface area contributed by atoms with Crippen molar-refractivity contribution in [2.24, 2.45) is 0 Å². The van der Waals surface area contributed by atoms with Gasteiger partial charge in [-0.15, -0.1) is 0 Å². The molecular formula is C11H19NO5. The fourth-order valence-corrected chi connectivity index (χ4v) is 1.57. The van der Waals surface area contributed by atoms with Crippen LogP contribution in [0.1, 0.15) is 27.2 Å². The number of carbonyl (C=O) groups is 2. The van der Waals surface area contributed by atoms with E-state index in [9.17, 15) is 9.59 Å². The quantitative estimate of drug-likeness (QED) is 0.748. The van der Waals surface area contributed by atoms with E-state index in [0.29, 0.717) is 13.2 Å². The van der Waals surface area contributed by atoms with Crippen LogP contribution < -0.4 is 0 Å². The van der Waals surface area contributed by atoms with Crippen molar-refractivity contribution in [1.29, 1.82) is 0 Å². The number of nitrogens with zero attached hydrogens (tertiary/aromatic N) is 1. The number of hydrogen-bond acceptors (Lipinski definition) is 4. The normalized spacial score (nSPS) is 21.8. The van der Waals surface area contributed by atoms with Crippen molar-refractivity contribution in [3.05, 3.63) is 0 Å². The molecule has 6 heteroatoms. The summed E-state index contributed by atoms with van der Waals surface area (Å²) < 4.78 is 10.4. The molecule has 0 aromatic rings. The van der Waals surface area contributed by atoms with E-state index in [1.54, 1.807) is 20.8 Å². The summed E-state index contributed by atoms with van der Waals surface area (Å²) >= 11 is 0. The van der Waals surface area contributed by atoms with Crippen LogP contribution in [0.25, 0.3) is 0 Å². The summed E-state index contributed by atoms with van der Waals surface area (Å²) in [5.74, 6) is -1.03. The molecule has 17 heavy (non-hydrogen) atoms. The molecule has 0 bridgehead atoms. The summed E-state index contributed by atoms with van der Waals surface area (Å²) in [6.07, 6.45) is -0.315. The molecule has 1 fully saturated rings. The van der Waals surface area contributed by atoms with Gasteiger partial charge in [0.05, 0.1) is 6.61 Å². The molecule has 1 atom stereocenters. The number of amides is 1. The van der Waals surface area contributed by atoms with Crippen LogP contribution >= 0.6 is 0 Å². The topological polar surface area (TPSA) is 76.1 Å². The third-order valence-corrected chi connectivity index (χ3v) is 2.30. The lowest BCUT2D eigenvalue weighted by molar-refractivity contribution is -0.143. The van der Waals surface area contributed by atoms with E-state index in [2.05, 4.69) is 0 Å². The smallest absolute Gasteiger partial charge is 0.411 e. The number of ether oxygens (including phenoxy) is 2. The van der Waals surface area contributed by atoms with Crippen LogP contribution in [0, 0.1) is 0 Å². The highest BCUT2D eigenvalue weighted by atomic mass is 16.6. The Morgan fingerprint density at radius 3 is 2.53 bits per heavy atom. The zero-order valence-corrected chi connectivity index (χ0v) is 10.4. The zero-order valence-electron chi connectivity index (χ0n) is 10.4. The summed E-state index contributed by atoms with van der Waals surface area (Å²) in [5.41, 5.74) is -0.632. The number of hydrogen-bond donors (Lipinski definition) is 1. The lowest BCUT2D eigenvalue weighted by Gasteiger charge is -2.29. The van der Waals surface area contributed by atoms with Crippen molar-refractivity contribution in [2.45, 2.75) is 38.8 Å². The van der Waals surface area contributed by atoms with Gasteiger partial charge in [-0.05, 0) is 20.8 Å². The maximum atomic E-state index is 11.9. The Morgan fingerprint density at radius 2 is 2.00 bits per heavy atom. The van der Waals surface area contributed by atoms with Gasteiger partial charge in [-0.3, -0.25) is 4.90 Å². The first-order chi connectivity index (χ1) is 7.81. The van der Waals surface area contributed by atoms with E-state index >= 15 is 0 Å². The molecule has 0 aromatic heterocycles. The molecule has 0 aliphatic carbocycles. The highest BCUT2D eigenvalue weighted by Gasteiger charge is 2.33. The van der Waals surface area contributed by atoms with Gasteiger partial charge in [0.25, 0.3) is 0 Å². The van der Waals surface area contributed by atoms with E-state index in [0.717, 1.165) is 0 Å². The van der Waals surface area contributed by atoms with Gasteiger partial charge in [0, 0.05) is 19.6 Å². The molecule has 98 valence electrons. The minimum absolute atomic E-state index is 0.242. The Labute approximate surface area is 100 Å². The predicted molar refractivity (Wildman–Crippen MR) is 59.8 cm³/mol. The molecule has 1 N–H and O–H groups in total. The van der Waals surface area contributed by atoms with Crippen LogP contribution in [-0.2, 0) is 14.3 Å². The molecule has 0 saturated carbocycles. The lowest BCUT2D eigenvalue weighted by atomic mass is 10.2. The van der Waals surface area contributed by atoms with Crippen molar-refractivity contribution in [1.82, 2.24) is 4.90 Å². The molecule has 1 aliphatic heterocycles. The fraction of sp³-hybridized carbons (Fsp3) is 0.818. The Balaban J connectivity index is 2.75. The van der Waals surface area contributed by atoms with Gasteiger partial charge in [0.2, 0.25) is 0 Å². The Morgan fingerprint density at radius 1 is 1.35 bits per heavy atom. The molecule has 1 aliphatic rings. The Hall–Kier alpha value is -1.30. The molecule has 0 radical (unpaired) electrons. The second-order valence-electron chi connectivity index (χ2n) is 4.93. The average molecular weight is 245 g/mol. The summed E-state index contributed by atoms with van der Waals surface area (Å²) in [6.45, 7) is 6.16. The number of carboxylic acids is 1. The summed E-state index contributed by atoms with van der Waals surface area (Å²) in [7, 11) is 0. The maximum absolute atomic E-state index is 11.9. The van der Waals surface area contributed by atoms with Crippen LogP contribution in [0.2, 0.25) is 0 Å². The van der Waals surface area contributed by atoms with Crippen LogP contribution in [0.15, 0.2) is 0 Å². The largest absolute Gasteiger partial charge is 0.480 e. The van der Waals surface area contributed by atoms with Gasteiger partial charge in [0.15, 0.2) is 0 Å². The first kappa shape index (κ1) is 13.8. The van der Waals surface area contributed by atoms with E-state index in [4.69, 9.17) is 14.6 Å². The second kappa shape index (κ2) is 5.35. The Kier molecular flexibility index (Phi) is 4.34. The highest BCUT2D eigenvalue weighted by Crippen LogP contribution is 2.15. The van der Waals surface area contributed by atoms with Gasteiger partial charge in [-0.1, -0.05) is 0 Å². The minimum atomic E-state index is -1.03. The van der Waals surface area contributed by atoms with Crippen molar-refractivity contribution in [2.75, 3.05) is 19.8 Å². The number of rotatable bonds is 1. The number of aliphatic carboxylic acids is 1. The lowest BCUT2D eigenvalue weighted by Crippen LogP contribution is -2.47. The zero-order chi connectivity index (χ0) is 13.1. The van der Waals surface area contributed by atoms with Crippen LogP contribution in [0.5, 0.6) is 0 Å². The van der Waals surface area contributed by atoms with Crippen molar-refractivity contribution in [3.8, 4) is 0 Å². The van der Waals surface area contributed by atoms with Gasteiger partial charge >= 0.3 is 12.1 Å². The van der Waals surface area contributed by atoms with Crippen molar-refractivity contribution >= 4 is 12.1 Å². The third-order valence-electron chi connectivity index (χ3n) is 2.30. The molecule has 1 amide bonds. The molecule has 0 unspecified atom stereocenters. The van der Waals surface area contributed by atoms with Crippen LogP contribution in [0.4, 0.5) is 4.79 Å². The van der Waals surface area contributed by atoms with E-state index in [1.807, 2.05) is 0 Å². The minimum Gasteiger partial charge on any atom is -0.480 e. The maximum Gasteiger partial charge on any atom is 0.411 e. The molecule has 1 saturated heterocycles. The molecule has 6 nitrogen and oxygen atoms in total. The third kappa shape index (κ3) is 4.22. The second-order valence-corrected chi connectivity index (χ2v) is 4.93. The monoisotopic (exact) mass is 245 g/mol. The molecular weight excluding hydrogens is 226 g/mol. The molecule has 0 aromatic carbocycles. The first-order valence-electron chi connectivity index (χ1n) is 5.61. The highest BCUT2D eigenvalue weighted by molar-refractivity contribution is 5.80. The van der Waals surface area contributed by atoms with Crippen molar-refractivity contribution < 1.29 is 24.2 Å². The van der Waals surface area contributed by atoms with E-state index in [1.165, 1.54) is 4.90 Å². The van der Waals surface area contributed by atoms with Gasteiger partial charge < -0.3 is 14.6 Å². The SMILES string of the molecule is CC(C)(C)OC(=O)N1CCOCC[C@@H]1C(=O)O. The molecule has 0 spiro atoms. The fourth-order valence-electron chi connectivity index (χ4n) is 1.57. The average Bonchev–Trinajstić information content (AvgIpc) is 2.39. The summed E-state index contributed by atoms with van der Waals surface area (Å²) in [5, 5.41) is 9.08. The number of carbonyl (C=O) groups excluding carboxylic acids is 1. The predicted octanol–water partition coefficient (Wildman–Crippen LogP) is 1.10. The van der Waals surface area contributed by atoms with Crippen LogP contribution in [-0.4, -0.2) is 53.5 Å². The summed E-state index contributed by atoms with van der Waals surface area (Å²) in [6, 6.07) is -0.868. The Bertz CT molecular complexity index is 297. The van der Waals surface area contributed by atoms with Gasteiger partial charge in [-0.25, -0.2) is 9.59 Å². The summed E-state index contributed by atoms with van der Waals surface area (Å²) in [4.78, 5) is 24.2. The van der Waals surface area contributed by atoms with Crippen LogP contribution in [0.3, 0.4) is 0 Å². The van der Waals surface area contributed by atoms with E-state index < -0.39 is 23.7 Å². The molecule has 1 heterocycles. The van der Waals surface area contributed by atoms with Gasteiger partial charge in [0.1, 0.15) is 11.6 Å². The first-order valence-corrected chi connectivity index (χ1v) is 5.61. The number of carboxylic acid groups (broad SMARTS) is 1. The molecule has 1 rings (SSSR count).